The van der Waals surface area contributed by atoms with E-state index >= 15 is 0 Å². The van der Waals surface area contributed by atoms with Crippen molar-refractivity contribution in [2.24, 2.45) is 0 Å². The molecule has 0 unspecified atom stereocenters. The molecule has 2 rings (SSSR count). The normalized spacial score (nSPS) is 11.2. The molecular weight excluding hydrogens is 242 g/mol. The maximum absolute atomic E-state index is 4.81. The fourth-order valence-electron chi connectivity index (χ4n) is 1.93. The predicted octanol–water partition coefficient (Wildman–Crippen LogP) is 3.36. The van der Waals surface area contributed by atoms with Crippen LogP contribution in [0.25, 0.3) is 10.6 Å². The second kappa shape index (κ2) is 5.59. The first kappa shape index (κ1) is 13.2. The summed E-state index contributed by atoms with van der Waals surface area (Å²) in [6, 6.07) is 2.04. The van der Waals surface area contributed by atoms with Crippen molar-refractivity contribution >= 4 is 11.3 Å². The van der Waals surface area contributed by atoms with Gasteiger partial charge in [-0.05, 0) is 31.5 Å². The number of hydrogen-bond acceptors (Lipinski definition) is 4. The van der Waals surface area contributed by atoms with E-state index in [-0.39, 0.29) is 0 Å². The molecule has 96 valence electrons. The highest BCUT2D eigenvalue weighted by Crippen LogP contribution is 2.32. The van der Waals surface area contributed by atoms with E-state index in [1.165, 1.54) is 21.7 Å². The Hall–Kier alpha value is -1.26. The summed E-state index contributed by atoms with van der Waals surface area (Å²) in [4.78, 5) is 10.3. The van der Waals surface area contributed by atoms with Crippen molar-refractivity contribution in [2.45, 2.75) is 33.2 Å². The maximum Gasteiger partial charge on any atom is 0.124 e. The Kier molecular flexibility index (Phi) is 4.09. The topological polar surface area (TPSA) is 37.8 Å². The summed E-state index contributed by atoms with van der Waals surface area (Å²) in [6.07, 6.45) is 3.72. The molecule has 0 bridgehead atoms. The summed E-state index contributed by atoms with van der Waals surface area (Å²) in [6.45, 7) is 7.35. The summed E-state index contributed by atoms with van der Waals surface area (Å²) in [7, 11) is 1.97. The van der Waals surface area contributed by atoms with Gasteiger partial charge >= 0.3 is 0 Å². The van der Waals surface area contributed by atoms with Gasteiger partial charge in [0, 0.05) is 29.4 Å². The minimum absolute atomic E-state index is 0.459. The van der Waals surface area contributed by atoms with E-state index in [1.54, 1.807) is 11.3 Å². The largest absolute Gasteiger partial charge is 0.315 e. The SMILES string of the molecule is CNCc1sc(-c2ccncc2C)nc1C(C)C. The zero-order chi connectivity index (χ0) is 13.1. The van der Waals surface area contributed by atoms with E-state index in [2.05, 4.69) is 31.1 Å². The molecule has 0 saturated heterocycles. The fourth-order valence-corrected chi connectivity index (χ4v) is 3.25. The second-order valence-electron chi connectivity index (χ2n) is 4.70. The zero-order valence-electron chi connectivity index (χ0n) is 11.3. The number of pyridine rings is 1. The van der Waals surface area contributed by atoms with Gasteiger partial charge in [0.1, 0.15) is 5.01 Å². The summed E-state index contributed by atoms with van der Waals surface area (Å²) in [5.74, 6) is 0.459. The van der Waals surface area contributed by atoms with Crippen molar-refractivity contribution in [3.63, 3.8) is 0 Å². The van der Waals surface area contributed by atoms with Gasteiger partial charge in [-0.1, -0.05) is 13.8 Å². The molecule has 2 aromatic heterocycles. The molecule has 0 aliphatic heterocycles. The molecule has 0 spiro atoms. The Bertz CT molecular complexity index is 532. The Balaban J connectivity index is 2.47. The van der Waals surface area contributed by atoms with Crippen molar-refractivity contribution in [3.8, 4) is 10.6 Å². The van der Waals surface area contributed by atoms with Crippen molar-refractivity contribution in [1.29, 1.82) is 0 Å². The van der Waals surface area contributed by atoms with Crippen LogP contribution < -0.4 is 5.32 Å². The molecule has 0 aromatic carbocycles. The van der Waals surface area contributed by atoms with Gasteiger partial charge in [0.05, 0.1) is 5.69 Å². The first-order valence-electron chi connectivity index (χ1n) is 6.18. The van der Waals surface area contributed by atoms with Crippen LogP contribution >= 0.6 is 11.3 Å². The smallest absolute Gasteiger partial charge is 0.124 e. The number of nitrogens with one attached hydrogen (secondary N) is 1. The molecule has 0 atom stereocenters. The van der Waals surface area contributed by atoms with Crippen molar-refractivity contribution in [2.75, 3.05) is 7.05 Å². The summed E-state index contributed by atoms with van der Waals surface area (Å²) in [5, 5.41) is 4.32. The first-order chi connectivity index (χ1) is 8.63. The number of aromatic nitrogens is 2. The fraction of sp³-hybridized carbons (Fsp3) is 0.429. The monoisotopic (exact) mass is 261 g/mol. The number of nitrogens with zero attached hydrogens (tertiary/aromatic N) is 2. The van der Waals surface area contributed by atoms with Crippen LogP contribution in [0.3, 0.4) is 0 Å². The van der Waals surface area contributed by atoms with Gasteiger partial charge in [0.2, 0.25) is 0 Å². The molecule has 3 nitrogen and oxygen atoms in total. The number of hydrogen-bond donors (Lipinski definition) is 1. The van der Waals surface area contributed by atoms with Crippen LogP contribution in [0.5, 0.6) is 0 Å². The van der Waals surface area contributed by atoms with Gasteiger partial charge in [-0.25, -0.2) is 4.98 Å². The first-order valence-corrected chi connectivity index (χ1v) is 7.00. The standard InChI is InChI=1S/C14H19N3S/c1-9(2)13-12(8-15-4)18-14(17-13)11-5-6-16-7-10(11)3/h5-7,9,15H,8H2,1-4H3. The van der Waals surface area contributed by atoms with Crippen LogP contribution in [0.1, 0.15) is 35.9 Å². The van der Waals surface area contributed by atoms with E-state index in [9.17, 15) is 0 Å². The van der Waals surface area contributed by atoms with E-state index in [0.29, 0.717) is 5.92 Å². The lowest BCUT2D eigenvalue weighted by Gasteiger charge is -2.03. The molecule has 1 N–H and O–H groups in total. The van der Waals surface area contributed by atoms with Crippen LogP contribution in [0.2, 0.25) is 0 Å². The Morgan fingerprint density at radius 3 is 2.78 bits per heavy atom. The second-order valence-corrected chi connectivity index (χ2v) is 5.79. The number of thiazole rings is 1. The van der Waals surface area contributed by atoms with Crippen LogP contribution in [-0.2, 0) is 6.54 Å². The lowest BCUT2D eigenvalue weighted by molar-refractivity contribution is 0.771. The van der Waals surface area contributed by atoms with Gasteiger partial charge in [-0.2, -0.15) is 0 Å². The average molecular weight is 261 g/mol. The lowest BCUT2D eigenvalue weighted by Crippen LogP contribution is -2.06. The molecule has 4 heteroatoms. The quantitative estimate of drug-likeness (QED) is 0.917. The molecular formula is C14H19N3S. The Morgan fingerprint density at radius 2 is 2.17 bits per heavy atom. The van der Waals surface area contributed by atoms with Gasteiger partial charge in [0.15, 0.2) is 0 Å². The van der Waals surface area contributed by atoms with Crippen molar-refractivity contribution in [1.82, 2.24) is 15.3 Å². The highest BCUT2D eigenvalue weighted by molar-refractivity contribution is 7.15. The van der Waals surface area contributed by atoms with E-state index < -0.39 is 0 Å². The summed E-state index contributed by atoms with van der Waals surface area (Å²) < 4.78 is 0. The third-order valence-electron chi connectivity index (χ3n) is 2.86. The van der Waals surface area contributed by atoms with Crippen molar-refractivity contribution in [3.05, 3.63) is 34.6 Å². The number of aryl methyl sites for hydroxylation is 1. The van der Waals surface area contributed by atoms with Gasteiger partial charge in [-0.3, -0.25) is 4.98 Å². The molecule has 0 aliphatic carbocycles. The Morgan fingerprint density at radius 1 is 1.39 bits per heavy atom. The van der Waals surface area contributed by atoms with Gasteiger partial charge in [-0.15, -0.1) is 11.3 Å². The minimum atomic E-state index is 0.459. The lowest BCUT2D eigenvalue weighted by atomic mass is 10.1. The van der Waals surface area contributed by atoms with E-state index in [1.807, 2.05) is 25.5 Å². The molecule has 0 fully saturated rings. The molecule has 18 heavy (non-hydrogen) atoms. The van der Waals surface area contributed by atoms with Crippen LogP contribution in [0, 0.1) is 6.92 Å². The molecule has 2 heterocycles. The van der Waals surface area contributed by atoms with Crippen LogP contribution in [0.15, 0.2) is 18.5 Å². The third-order valence-corrected chi connectivity index (χ3v) is 3.97. The van der Waals surface area contributed by atoms with E-state index in [0.717, 1.165) is 11.6 Å². The summed E-state index contributed by atoms with van der Waals surface area (Å²) >= 11 is 1.78. The van der Waals surface area contributed by atoms with E-state index in [4.69, 9.17) is 4.98 Å². The maximum atomic E-state index is 4.81. The van der Waals surface area contributed by atoms with Crippen LogP contribution in [-0.4, -0.2) is 17.0 Å². The van der Waals surface area contributed by atoms with Gasteiger partial charge < -0.3 is 5.32 Å². The molecule has 0 amide bonds. The third kappa shape index (κ3) is 2.60. The van der Waals surface area contributed by atoms with Crippen LogP contribution in [0.4, 0.5) is 0 Å². The highest BCUT2D eigenvalue weighted by Gasteiger charge is 2.15. The highest BCUT2D eigenvalue weighted by atomic mass is 32.1. The molecule has 0 radical (unpaired) electrons. The minimum Gasteiger partial charge on any atom is -0.315 e. The van der Waals surface area contributed by atoms with Gasteiger partial charge in [0.25, 0.3) is 0 Å². The number of rotatable bonds is 4. The van der Waals surface area contributed by atoms with Crippen molar-refractivity contribution < 1.29 is 0 Å². The predicted molar refractivity (Wildman–Crippen MR) is 76.9 cm³/mol. The zero-order valence-corrected chi connectivity index (χ0v) is 12.1. The Labute approximate surface area is 112 Å². The average Bonchev–Trinajstić information content (AvgIpc) is 2.74. The summed E-state index contributed by atoms with van der Waals surface area (Å²) in [5.41, 5.74) is 3.58. The molecule has 2 aromatic rings. The molecule has 0 aliphatic rings. The molecule has 0 saturated carbocycles.